The molecule has 2 heterocycles. The van der Waals surface area contributed by atoms with Crippen molar-refractivity contribution in [2.45, 2.75) is 38.6 Å². The zero-order valence-corrected chi connectivity index (χ0v) is 17.4. The van der Waals surface area contributed by atoms with E-state index in [1.165, 1.54) is 9.18 Å². The summed E-state index contributed by atoms with van der Waals surface area (Å²) in [5, 5.41) is 4.37. The second-order valence-corrected chi connectivity index (χ2v) is 9.15. The predicted octanol–water partition coefficient (Wildman–Crippen LogP) is 3.90. The Morgan fingerprint density at radius 2 is 1.78 bits per heavy atom. The average molecular weight is 405 g/mol. The molecule has 0 aliphatic rings. The van der Waals surface area contributed by atoms with Crippen LogP contribution in [-0.2, 0) is 23.0 Å². The first kappa shape index (κ1) is 19.7. The minimum Gasteiger partial charge on any atom is -0.365 e. The molecule has 1 aromatic carbocycles. The Morgan fingerprint density at radius 1 is 1.07 bits per heavy atom. The molecule has 0 saturated carbocycles. The molecule has 0 saturated heterocycles. The van der Waals surface area contributed by atoms with E-state index in [0.29, 0.717) is 24.5 Å². The number of anilines is 1. The number of nitrogens with zero attached hydrogens (tertiary/aromatic N) is 3. The summed E-state index contributed by atoms with van der Waals surface area (Å²) in [7, 11) is -3.42. The summed E-state index contributed by atoms with van der Waals surface area (Å²) in [4.78, 5) is 11.3. The number of nitrogens with one attached hydrogen (secondary N) is 1. The largest absolute Gasteiger partial charge is 0.365 e. The summed E-state index contributed by atoms with van der Waals surface area (Å²) in [6.45, 7) is 7.30. The van der Waals surface area contributed by atoms with Gasteiger partial charge in [-0.1, -0.05) is 32.9 Å². The molecule has 2 aromatic heterocycles. The van der Waals surface area contributed by atoms with E-state index >= 15 is 0 Å². The van der Waals surface area contributed by atoms with Crippen LogP contribution in [0.2, 0.25) is 0 Å². The van der Waals surface area contributed by atoms with Crippen LogP contribution in [0.15, 0.2) is 41.6 Å². The van der Waals surface area contributed by atoms with E-state index in [2.05, 4.69) is 28.3 Å². The highest BCUT2D eigenvalue weighted by atomic mass is 32.2. The Bertz CT molecular complexity index is 1010. The van der Waals surface area contributed by atoms with Crippen molar-refractivity contribution in [3.8, 4) is 0 Å². The van der Waals surface area contributed by atoms with Crippen molar-refractivity contribution in [1.29, 1.82) is 0 Å². The number of sulfonamides is 1. The van der Waals surface area contributed by atoms with Crippen LogP contribution >= 0.6 is 11.3 Å². The fraction of sp³-hybridized carbons (Fsp3) is 0.368. The van der Waals surface area contributed by atoms with Gasteiger partial charge < -0.3 is 5.32 Å². The van der Waals surface area contributed by atoms with Crippen molar-refractivity contribution in [3.63, 3.8) is 0 Å². The van der Waals surface area contributed by atoms with Crippen molar-refractivity contribution in [2.75, 3.05) is 18.4 Å². The zero-order valence-electron chi connectivity index (χ0n) is 15.8. The topological polar surface area (TPSA) is 75.2 Å². The van der Waals surface area contributed by atoms with E-state index in [9.17, 15) is 8.42 Å². The van der Waals surface area contributed by atoms with Gasteiger partial charge in [0.15, 0.2) is 0 Å². The highest BCUT2D eigenvalue weighted by Crippen LogP contribution is 2.28. The van der Waals surface area contributed by atoms with Crippen molar-refractivity contribution < 1.29 is 8.42 Å². The minimum absolute atomic E-state index is 0.324. The predicted molar refractivity (Wildman–Crippen MR) is 111 cm³/mol. The van der Waals surface area contributed by atoms with Crippen LogP contribution in [0.1, 0.15) is 31.2 Å². The van der Waals surface area contributed by atoms with Gasteiger partial charge in [-0.15, -0.1) is 11.3 Å². The maximum absolute atomic E-state index is 12.6. The van der Waals surface area contributed by atoms with Crippen LogP contribution in [0, 0.1) is 0 Å². The second-order valence-electron chi connectivity index (χ2n) is 6.09. The molecular weight excluding hydrogens is 380 g/mol. The lowest BCUT2D eigenvalue weighted by Gasteiger charge is -2.18. The van der Waals surface area contributed by atoms with Crippen LogP contribution < -0.4 is 5.32 Å². The summed E-state index contributed by atoms with van der Waals surface area (Å²) < 4.78 is 26.6. The third-order valence-corrected chi connectivity index (χ3v) is 7.71. The van der Waals surface area contributed by atoms with Gasteiger partial charge >= 0.3 is 0 Å². The van der Waals surface area contributed by atoms with Gasteiger partial charge in [0, 0.05) is 24.5 Å². The molecule has 27 heavy (non-hydrogen) atoms. The van der Waals surface area contributed by atoms with Gasteiger partial charge in [0.2, 0.25) is 10.0 Å². The third kappa shape index (κ3) is 4.12. The number of hydrogen-bond donors (Lipinski definition) is 1. The van der Waals surface area contributed by atoms with Gasteiger partial charge in [0.05, 0.1) is 10.3 Å². The van der Waals surface area contributed by atoms with E-state index in [4.69, 9.17) is 0 Å². The van der Waals surface area contributed by atoms with Gasteiger partial charge in [0.1, 0.15) is 17.0 Å². The Balaban J connectivity index is 1.75. The van der Waals surface area contributed by atoms with Gasteiger partial charge in [-0.2, -0.15) is 4.31 Å². The molecule has 0 aliphatic carbocycles. The first-order chi connectivity index (χ1) is 13.0. The van der Waals surface area contributed by atoms with E-state index in [1.54, 1.807) is 29.8 Å². The van der Waals surface area contributed by atoms with Crippen LogP contribution in [0.25, 0.3) is 10.2 Å². The van der Waals surface area contributed by atoms with Gasteiger partial charge in [-0.3, -0.25) is 0 Å². The van der Waals surface area contributed by atoms with Crippen LogP contribution in [-0.4, -0.2) is 35.8 Å². The van der Waals surface area contributed by atoms with E-state index in [-0.39, 0.29) is 0 Å². The average Bonchev–Trinajstić information content (AvgIpc) is 3.11. The standard InChI is InChI=1S/C19H24N4O2S2/c1-4-15-11-17-18(21-13-22-19(17)26-15)20-12-14-7-9-16(10-8-14)27(24,25)23(5-2)6-3/h7-11,13H,4-6,12H2,1-3H3,(H,20,21,22). The highest BCUT2D eigenvalue weighted by Gasteiger charge is 2.21. The van der Waals surface area contributed by atoms with Crippen molar-refractivity contribution in [3.05, 3.63) is 47.1 Å². The summed E-state index contributed by atoms with van der Waals surface area (Å²) in [6, 6.07) is 9.14. The lowest BCUT2D eigenvalue weighted by atomic mass is 10.2. The van der Waals surface area contributed by atoms with E-state index in [0.717, 1.165) is 28.0 Å². The molecule has 6 nitrogen and oxygen atoms in total. The molecule has 0 spiro atoms. The molecule has 0 aliphatic heterocycles. The maximum atomic E-state index is 12.6. The highest BCUT2D eigenvalue weighted by molar-refractivity contribution is 7.89. The molecule has 1 N–H and O–H groups in total. The van der Waals surface area contributed by atoms with Crippen molar-refractivity contribution in [1.82, 2.24) is 14.3 Å². The van der Waals surface area contributed by atoms with Gasteiger partial charge in [-0.05, 0) is 30.2 Å². The summed E-state index contributed by atoms with van der Waals surface area (Å²) in [5.74, 6) is 0.802. The number of thiophene rings is 1. The molecule has 8 heteroatoms. The van der Waals surface area contributed by atoms with Gasteiger partial charge in [-0.25, -0.2) is 18.4 Å². The first-order valence-electron chi connectivity index (χ1n) is 9.06. The molecule has 3 rings (SSSR count). The Labute approximate surface area is 164 Å². The minimum atomic E-state index is -3.42. The Hall–Kier alpha value is -2.03. The Morgan fingerprint density at radius 3 is 2.41 bits per heavy atom. The molecule has 0 fully saturated rings. The fourth-order valence-electron chi connectivity index (χ4n) is 2.90. The normalized spacial score (nSPS) is 12.0. The van der Waals surface area contributed by atoms with E-state index in [1.807, 2.05) is 26.0 Å². The number of aryl methyl sites for hydroxylation is 1. The Kier molecular flexibility index (Phi) is 6.08. The van der Waals surface area contributed by atoms with Crippen molar-refractivity contribution in [2.24, 2.45) is 0 Å². The van der Waals surface area contributed by atoms with Crippen LogP contribution in [0.5, 0.6) is 0 Å². The fourth-order valence-corrected chi connectivity index (χ4v) is 5.29. The molecular formula is C19H24N4O2S2. The molecule has 0 unspecified atom stereocenters. The number of aromatic nitrogens is 2. The summed E-state index contributed by atoms with van der Waals surface area (Å²) >= 11 is 1.68. The monoisotopic (exact) mass is 404 g/mol. The summed E-state index contributed by atoms with van der Waals surface area (Å²) in [5.41, 5.74) is 0.992. The second kappa shape index (κ2) is 8.33. The van der Waals surface area contributed by atoms with Crippen LogP contribution in [0.4, 0.5) is 5.82 Å². The molecule has 0 amide bonds. The van der Waals surface area contributed by atoms with Gasteiger partial charge in [0.25, 0.3) is 0 Å². The van der Waals surface area contributed by atoms with E-state index < -0.39 is 10.0 Å². The zero-order chi connectivity index (χ0) is 19.4. The first-order valence-corrected chi connectivity index (χ1v) is 11.3. The summed E-state index contributed by atoms with van der Waals surface area (Å²) in [6.07, 6.45) is 2.54. The molecule has 0 bridgehead atoms. The number of rotatable bonds is 8. The van der Waals surface area contributed by atoms with Crippen LogP contribution in [0.3, 0.4) is 0 Å². The lowest BCUT2D eigenvalue weighted by molar-refractivity contribution is 0.445. The van der Waals surface area contributed by atoms with Crippen molar-refractivity contribution >= 4 is 37.4 Å². The SMILES string of the molecule is CCc1cc2c(NCc3ccc(S(=O)(=O)N(CC)CC)cc3)ncnc2s1. The maximum Gasteiger partial charge on any atom is 0.243 e. The molecule has 3 aromatic rings. The number of hydrogen-bond acceptors (Lipinski definition) is 6. The third-order valence-electron chi connectivity index (χ3n) is 4.46. The number of fused-ring (bicyclic) bond motifs is 1. The number of benzene rings is 1. The molecule has 0 radical (unpaired) electrons. The molecule has 144 valence electrons. The smallest absolute Gasteiger partial charge is 0.243 e. The molecule has 0 atom stereocenters. The quantitative estimate of drug-likeness (QED) is 0.616. The lowest BCUT2D eigenvalue weighted by Crippen LogP contribution is -2.30.